The van der Waals surface area contributed by atoms with Crippen LogP contribution in [-0.4, -0.2) is 4.98 Å². The molecule has 0 atom stereocenters. The fourth-order valence-corrected chi connectivity index (χ4v) is 2.14. The summed E-state index contributed by atoms with van der Waals surface area (Å²) in [6.07, 6.45) is 1.70. The first-order valence-electron chi connectivity index (χ1n) is 4.67. The van der Waals surface area contributed by atoms with Gasteiger partial charge < -0.3 is 5.32 Å². The molecule has 0 saturated carbocycles. The van der Waals surface area contributed by atoms with Crippen molar-refractivity contribution in [3.63, 3.8) is 0 Å². The lowest BCUT2D eigenvalue weighted by Gasteiger charge is -2.04. The summed E-state index contributed by atoms with van der Waals surface area (Å²) in [6.45, 7) is 1.62. The summed E-state index contributed by atoms with van der Waals surface area (Å²) < 4.78 is 0. The van der Waals surface area contributed by atoms with Crippen LogP contribution in [0.15, 0.2) is 35.2 Å². The van der Waals surface area contributed by atoms with Gasteiger partial charge in [-0.15, -0.1) is 12.4 Å². The zero-order valence-electron chi connectivity index (χ0n) is 8.52. The molecule has 0 radical (unpaired) electrons. The second kappa shape index (κ2) is 6.86. The highest BCUT2D eigenvalue weighted by Gasteiger charge is 1.99. The van der Waals surface area contributed by atoms with Crippen LogP contribution in [0.1, 0.15) is 11.1 Å². The molecule has 0 aliphatic carbocycles. The Labute approximate surface area is 110 Å². The number of hydrogen-bond acceptors (Lipinski definition) is 3. The van der Waals surface area contributed by atoms with Crippen LogP contribution in [0.2, 0.25) is 5.15 Å². The maximum atomic E-state index is 5.94. The Bertz CT molecular complexity index is 418. The predicted octanol–water partition coefficient (Wildman–Crippen LogP) is 3.51. The van der Waals surface area contributed by atoms with Crippen LogP contribution in [0, 0.1) is 0 Å². The lowest BCUT2D eigenvalue weighted by atomic mass is 10.2. The molecule has 2 aromatic heterocycles. The lowest BCUT2D eigenvalue weighted by molar-refractivity contribution is 0.693. The Morgan fingerprint density at radius 1 is 1.31 bits per heavy atom. The van der Waals surface area contributed by atoms with Crippen LogP contribution in [0.5, 0.6) is 0 Å². The molecule has 0 bridgehead atoms. The Morgan fingerprint density at radius 3 is 2.88 bits per heavy atom. The molecule has 0 aliphatic rings. The zero-order chi connectivity index (χ0) is 10.5. The van der Waals surface area contributed by atoms with Crippen LogP contribution in [-0.2, 0) is 13.1 Å². The highest BCUT2D eigenvalue weighted by Crippen LogP contribution is 2.11. The molecule has 86 valence electrons. The molecule has 0 aliphatic heterocycles. The minimum absolute atomic E-state index is 0. The van der Waals surface area contributed by atoms with Crippen molar-refractivity contribution in [2.45, 2.75) is 13.1 Å². The summed E-state index contributed by atoms with van der Waals surface area (Å²) in [7, 11) is 0. The molecule has 2 aromatic rings. The van der Waals surface area contributed by atoms with E-state index in [0.29, 0.717) is 5.15 Å². The summed E-state index contributed by atoms with van der Waals surface area (Å²) >= 11 is 7.65. The van der Waals surface area contributed by atoms with Crippen LogP contribution in [0.3, 0.4) is 0 Å². The topological polar surface area (TPSA) is 24.9 Å². The molecule has 0 amide bonds. The SMILES string of the molecule is Cl.Clc1ncccc1CNCc1ccsc1. The minimum atomic E-state index is 0. The molecular weight excluding hydrogens is 263 g/mol. The van der Waals surface area contributed by atoms with Crippen LogP contribution < -0.4 is 5.32 Å². The maximum Gasteiger partial charge on any atom is 0.133 e. The molecule has 0 saturated heterocycles. The number of hydrogen-bond donors (Lipinski definition) is 1. The van der Waals surface area contributed by atoms with Crippen molar-refractivity contribution in [2.75, 3.05) is 0 Å². The number of pyridine rings is 1. The number of thiophene rings is 1. The van der Waals surface area contributed by atoms with Gasteiger partial charge in [0.25, 0.3) is 0 Å². The highest BCUT2D eigenvalue weighted by molar-refractivity contribution is 7.07. The van der Waals surface area contributed by atoms with E-state index >= 15 is 0 Å². The van der Waals surface area contributed by atoms with Crippen LogP contribution >= 0.6 is 35.3 Å². The first-order chi connectivity index (χ1) is 7.36. The Kier molecular flexibility index (Phi) is 5.77. The van der Waals surface area contributed by atoms with E-state index < -0.39 is 0 Å². The van der Waals surface area contributed by atoms with Crippen molar-refractivity contribution < 1.29 is 0 Å². The van der Waals surface area contributed by atoms with Gasteiger partial charge in [-0.3, -0.25) is 0 Å². The average Bonchev–Trinajstić information content (AvgIpc) is 2.74. The molecule has 2 nitrogen and oxygen atoms in total. The number of aromatic nitrogens is 1. The van der Waals surface area contributed by atoms with Crippen molar-refractivity contribution in [2.24, 2.45) is 0 Å². The largest absolute Gasteiger partial charge is 0.308 e. The molecule has 0 spiro atoms. The summed E-state index contributed by atoms with van der Waals surface area (Å²) in [5.74, 6) is 0. The molecule has 2 rings (SSSR count). The first kappa shape index (κ1) is 13.5. The summed E-state index contributed by atoms with van der Waals surface area (Å²) in [6, 6.07) is 5.99. The molecule has 16 heavy (non-hydrogen) atoms. The second-order valence-corrected chi connectivity index (χ2v) is 4.33. The lowest BCUT2D eigenvalue weighted by Crippen LogP contribution is -2.12. The van der Waals surface area contributed by atoms with Crippen molar-refractivity contribution in [1.29, 1.82) is 0 Å². The minimum Gasteiger partial charge on any atom is -0.308 e. The normalized spacial score (nSPS) is 9.81. The predicted molar refractivity (Wildman–Crippen MR) is 71.4 cm³/mol. The van der Waals surface area contributed by atoms with E-state index in [1.54, 1.807) is 17.5 Å². The van der Waals surface area contributed by atoms with Crippen LogP contribution in [0.4, 0.5) is 0 Å². The third-order valence-electron chi connectivity index (χ3n) is 2.06. The molecule has 5 heteroatoms. The van der Waals surface area contributed by atoms with E-state index in [1.807, 2.05) is 12.1 Å². The Morgan fingerprint density at radius 2 is 2.19 bits per heavy atom. The van der Waals surface area contributed by atoms with E-state index in [4.69, 9.17) is 11.6 Å². The number of nitrogens with zero attached hydrogens (tertiary/aromatic N) is 1. The van der Waals surface area contributed by atoms with E-state index in [-0.39, 0.29) is 12.4 Å². The van der Waals surface area contributed by atoms with E-state index in [9.17, 15) is 0 Å². The van der Waals surface area contributed by atoms with Crippen molar-refractivity contribution in [1.82, 2.24) is 10.3 Å². The molecule has 0 fully saturated rings. The highest BCUT2D eigenvalue weighted by atomic mass is 35.5. The van der Waals surface area contributed by atoms with Crippen molar-refractivity contribution in [3.05, 3.63) is 51.4 Å². The third kappa shape index (κ3) is 3.76. The number of nitrogens with one attached hydrogen (secondary N) is 1. The van der Waals surface area contributed by atoms with Gasteiger partial charge >= 0.3 is 0 Å². The average molecular weight is 275 g/mol. The van der Waals surface area contributed by atoms with Gasteiger partial charge in [-0.1, -0.05) is 17.7 Å². The van der Waals surface area contributed by atoms with E-state index in [0.717, 1.165) is 18.7 Å². The molecule has 2 heterocycles. The zero-order valence-corrected chi connectivity index (χ0v) is 10.9. The summed E-state index contributed by atoms with van der Waals surface area (Å²) in [5.41, 5.74) is 2.34. The number of rotatable bonds is 4. The van der Waals surface area contributed by atoms with Gasteiger partial charge in [-0.2, -0.15) is 11.3 Å². The van der Waals surface area contributed by atoms with Crippen molar-refractivity contribution in [3.8, 4) is 0 Å². The second-order valence-electron chi connectivity index (χ2n) is 3.19. The van der Waals surface area contributed by atoms with Gasteiger partial charge in [0.15, 0.2) is 0 Å². The fourth-order valence-electron chi connectivity index (χ4n) is 1.29. The van der Waals surface area contributed by atoms with Gasteiger partial charge in [0, 0.05) is 24.8 Å². The van der Waals surface area contributed by atoms with Gasteiger partial charge in [0.05, 0.1) is 0 Å². The first-order valence-corrected chi connectivity index (χ1v) is 5.99. The molecule has 0 aromatic carbocycles. The molecule has 0 unspecified atom stereocenters. The summed E-state index contributed by atoms with van der Waals surface area (Å²) in [4.78, 5) is 4.02. The maximum absolute atomic E-state index is 5.94. The van der Waals surface area contributed by atoms with Gasteiger partial charge in [0.2, 0.25) is 0 Å². The summed E-state index contributed by atoms with van der Waals surface area (Å²) in [5, 5.41) is 8.12. The van der Waals surface area contributed by atoms with Crippen LogP contribution in [0.25, 0.3) is 0 Å². The van der Waals surface area contributed by atoms with Gasteiger partial charge in [-0.05, 0) is 28.5 Å². The van der Waals surface area contributed by atoms with E-state index in [2.05, 4.69) is 27.1 Å². The monoisotopic (exact) mass is 274 g/mol. The van der Waals surface area contributed by atoms with Gasteiger partial charge in [0.1, 0.15) is 5.15 Å². The molecule has 1 N–H and O–H groups in total. The standard InChI is InChI=1S/C11H11ClN2S.ClH/c12-11-10(2-1-4-14-11)7-13-6-9-3-5-15-8-9;/h1-5,8,13H,6-7H2;1H. The van der Waals surface area contributed by atoms with Gasteiger partial charge in [-0.25, -0.2) is 4.98 Å². The van der Waals surface area contributed by atoms with Crippen molar-refractivity contribution >= 4 is 35.3 Å². The fraction of sp³-hybridized carbons (Fsp3) is 0.182. The Hall–Kier alpha value is -0.610. The number of halogens is 2. The van der Waals surface area contributed by atoms with E-state index in [1.165, 1.54) is 5.56 Å². The smallest absolute Gasteiger partial charge is 0.133 e. The Balaban J connectivity index is 0.00000128. The molecular formula is C11H12Cl2N2S. The quantitative estimate of drug-likeness (QED) is 0.864. The third-order valence-corrected chi connectivity index (χ3v) is 3.13.